The number of hydrogen-bond acceptors (Lipinski definition) is 4. The third-order valence-corrected chi connectivity index (χ3v) is 10.3. The van der Waals surface area contributed by atoms with Gasteiger partial charge in [-0.25, -0.2) is 8.42 Å². The second kappa shape index (κ2) is 14.1. The molecule has 0 radical (unpaired) electrons. The van der Waals surface area contributed by atoms with Crippen molar-refractivity contribution >= 4 is 62.3 Å². The van der Waals surface area contributed by atoms with Crippen molar-refractivity contribution in [1.29, 1.82) is 0 Å². The fourth-order valence-corrected chi connectivity index (χ4v) is 7.00. The molecule has 3 aromatic rings. The molecule has 0 aromatic heterocycles. The second-order valence-corrected chi connectivity index (χ2v) is 13.7. The lowest BCUT2D eigenvalue weighted by Gasteiger charge is -2.33. The maximum absolute atomic E-state index is 14.1. The molecule has 224 valence electrons. The van der Waals surface area contributed by atoms with Gasteiger partial charge in [0.15, 0.2) is 0 Å². The Bertz CT molecular complexity index is 1530. The molecular weight excluding hydrogens is 617 g/mol. The van der Waals surface area contributed by atoms with Crippen LogP contribution in [0, 0.1) is 6.92 Å². The van der Waals surface area contributed by atoms with E-state index < -0.39 is 28.5 Å². The number of halogens is 3. The van der Waals surface area contributed by atoms with Crippen LogP contribution in [0.25, 0.3) is 0 Å². The normalized spacial score (nSPS) is 14.7. The lowest BCUT2D eigenvalue weighted by atomic mass is 9.95. The molecule has 1 N–H and O–H groups in total. The monoisotopic (exact) mass is 649 g/mol. The van der Waals surface area contributed by atoms with Crippen LogP contribution in [0.2, 0.25) is 15.1 Å². The maximum Gasteiger partial charge on any atom is 0.264 e. The van der Waals surface area contributed by atoms with Gasteiger partial charge in [-0.15, -0.1) is 0 Å². The molecular formula is C31H34Cl3N3O4S. The zero-order valence-electron chi connectivity index (χ0n) is 23.5. The lowest BCUT2D eigenvalue weighted by molar-refractivity contribution is -0.139. The van der Waals surface area contributed by atoms with Crippen LogP contribution in [0.4, 0.5) is 5.69 Å². The molecule has 2 amide bonds. The number of carbonyl (C=O) groups is 2. The summed E-state index contributed by atoms with van der Waals surface area (Å²) >= 11 is 18.4. The number of amides is 2. The Kier molecular flexibility index (Phi) is 10.8. The molecule has 1 fully saturated rings. The fourth-order valence-electron chi connectivity index (χ4n) is 5.08. The first kappa shape index (κ1) is 32.1. The number of sulfonamides is 1. The van der Waals surface area contributed by atoms with Gasteiger partial charge >= 0.3 is 0 Å². The lowest BCUT2D eigenvalue weighted by Crippen LogP contribution is -2.53. The molecule has 0 heterocycles. The van der Waals surface area contributed by atoms with Crippen molar-refractivity contribution in [3.63, 3.8) is 0 Å². The van der Waals surface area contributed by atoms with Crippen LogP contribution < -0.4 is 9.62 Å². The fraction of sp³-hybridized carbons (Fsp3) is 0.355. The van der Waals surface area contributed by atoms with E-state index in [0.29, 0.717) is 31.9 Å². The second-order valence-electron chi connectivity index (χ2n) is 10.5. The number of nitrogens with zero attached hydrogens (tertiary/aromatic N) is 2. The standard InChI is InChI=1S/C31H34Cl3N3O4S/c1-21-8-6-7-11-29(21)37(42(40,41)26-15-13-24(32)14-16-26)20-30(38)36(19-23-12-17-27(33)28(34)18-23)22(2)31(39)35-25-9-4-3-5-10-25/h6-8,11-18,22,25H,3-5,9-10,19-20H2,1-2H3,(H,35,39)/t22-/m0/s1. The van der Waals surface area contributed by atoms with Gasteiger partial charge in [0, 0.05) is 17.6 Å². The van der Waals surface area contributed by atoms with Gasteiger partial charge in [0.05, 0.1) is 20.6 Å². The number of aryl methyl sites for hydroxylation is 1. The highest BCUT2D eigenvalue weighted by Gasteiger charge is 2.33. The van der Waals surface area contributed by atoms with Gasteiger partial charge in [-0.05, 0) is 80.3 Å². The van der Waals surface area contributed by atoms with E-state index in [-0.39, 0.29) is 23.4 Å². The Morgan fingerprint density at radius 2 is 1.60 bits per heavy atom. The molecule has 11 heteroatoms. The SMILES string of the molecule is Cc1ccccc1N(CC(=O)N(Cc1ccc(Cl)c(Cl)c1)[C@@H](C)C(=O)NC1CCCCC1)S(=O)(=O)c1ccc(Cl)cc1. The number of anilines is 1. The topological polar surface area (TPSA) is 86.8 Å². The zero-order valence-corrected chi connectivity index (χ0v) is 26.6. The van der Waals surface area contributed by atoms with E-state index in [1.165, 1.54) is 29.2 Å². The van der Waals surface area contributed by atoms with Crippen LogP contribution in [0.1, 0.15) is 50.2 Å². The van der Waals surface area contributed by atoms with Gasteiger partial charge in [0.1, 0.15) is 12.6 Å². The average Bonchev–Trinajstić information content (AvgIpc) is 2.97. The summed E-state index contributed by atoms with van der Waals surface area (Å²) in [7, 11) is -4.19. The van der Waals surface area contributed by atoms with Crippen LogP contribution in [0.15, 0.2) is 71.6 Å². The van der Waals surface area contributed by atoms with Crippen LogP contribution in [-0.2, 0) is 26.2 Å². The molecule has 3 aromatic carbocycles. The molecule has 0 aliphatic heterocycles. The Morgan fingerprint density at radius 1 is 0.929 bits per heavy atom. The highest BCUT2D eigenvalue weighted by Crippen LogP contribution is 2.29. The van der Waals surface area contributed by atoms with Gasteiger partial charge in [-0.1, -0.05) is 78.3 Å². The first-order valence-corrected chi connectivity index (χ1v) is 16.4. The molecule has 0 saturated heterocycles. The first-order chi connectivity index (χ1) is 20.0. The van der Waals surface area contributed by atoms with Crippen molar-refractivity contribution < 1.29 is 18.0 Å². The zero-order chi connectivity index (χ0) is 30.4. The number of para-hydroxylation sites is 1. The summed E-state index contributed by atoms with van der Waals surface area (Å²) in [6.07, 6.45) is 5.00. The molecule has 0 spiro atoms. The van der Waals surface area contributed by atoms with Crippen molar-refractivity contribution in [3.05, 3.63) is 92.9 Å². The van der Waals surface area contributed by atoms with E-state index in [4.69, 9.17) is 34.8 Å². The van der Waals surface area contributed by atoms with E-state index in [9.17, 15) is 18.0 Å². The summed E-state index contributed by atoms with van der Waals surface area (Å²) in [5, 5.41) is 4.15. The molecule has 42 heavy (non-hydrogen) atoms. The van der Waals surface area contributed by atoms with Gasteiger partial charge < -0.3 is 10.2 Å². The first-order valence-electron chi connectivity index (χ1n) is 13.8. The molecule has 1 aliphatic rings. The van der Waals surface area contributed by atoms with E-state index in [0.717, 1.165) is 36.4 Å². The Labute approximate surface area is 262 Å². The summed E-state index contributed by atoms with van der Waals surface area (Å²) in [6.45, 7) is 2.92. The van der Waals surface area contributed by atoms with Gasteiger partial charge in [0.2, 0.25) is 11.8 Å². The number of rotatable bonds is 10. The highest BCUT2D eigenvalue weighted by molar-refractivity contribution is 7.92. The Hall–Kier alpha value is -2.78. The van der Waals surface area contributed by atoms with Crippen molar-refractivity contribution in [2.24, 2.45) is 0 Å². The molecule has 4 rings (SSSR count). The van der Waals surface area contributed by atoms with E-state index >= 15 is 0 Å². The van der Waals surface area contributed by atoms with Crippen molar-refractivity contribution in [1.82, 2.24) is 10.2 Å². The Balaban J connectivity index is 1.69. The van der Waals surface area contributed by atoms with Crippen molar-refractivity contribution in [2.75, 3.05) is 10.8 Å². The predicted molar refractivity (Wildman–Crippen MR) is 169 cm³/mol. The summed E-state index contributed by atoms with van der Waals surface area (Å²) in [6, 6.07) is 16.9. The number of benzene rings is 3. The molecule has 0 bridgehead atoms. The number of hydrogen-bond donors (Lipinski definition) is 1. The minimum atomic E-state index is -4.19. The van der Waals surface area contributed by atoms with E-state index in [2.05, 4.69) is 5.32 Å². The van der Waals surface area contributed by atoms with Crippen LogP contribution in [0.3, 0.4) is 0 Å². The van der Waals surface area contributed by atoms with Crippen LogP contribution in [0.5, 0.6) is 0 Å². The average molecular weight is 651 g/mol. The smallest absolute Gasteiger partial charge is 0.264 e. The summed E-state index contributed by atoms with van der Waals surface area (Å²) in [5.74, 6) is -0.841. The van der Waals surface area contributed by atoms with E-state index in [1.807, 2.05) is 0 Å². The van der Waals surface area contributed by atoms with Crippen molar-refractivity contribution in [2.45, 2.75) is 69.5 Å². The largest absolute Gasteiger partial charge is 0.352 e. The third-order valence-electron chi connectivity index (χ3n) is 7.52. The maximum atomic E-state index is 14.1. The van der Waals surface area contributed by atoms with Crippen LogP contribution in [-0.4, -0.2) is 43.8 Å². The number of nitrogens with one attached hydrogen (secondary N) is 1. The predicted octanol–water partition coefficient (Wildman–Crippen LogP) is 7.02. The van der Waals surface area contributed by atoms with E-state index in [1.54, 1.807) is 56.3 Å². The quantitative estimate of drug-likeness (QED) is 0.256. The molecule has 1 atom stereocenters. The molecule has 1 aliphatic carbocycles. The minimum absolute atomic E-state index is 0.0120. The van der Waals surface area contributed by atoms with Gasteiger partial charge in [-0.3, -0.25) is 13.9 Å². The summed E-state index contributed by atoms with van der Waals surface area (Å²) in [4.78, 5) is 28.9. The summed E-state index contributed by atoms with van der Waals surface area (Å²) in [5.41, 5.74) is 1.68. The third kappa shape index (κ3) is 7.78. The minimum Gasteiger partial charge on any atom is -0.352 e. The van der Waals surface area contributed by atoms with Gasteiger partial charge in [-0.2, -0.15) is 0 Å². The van der Waals surface area contributed by atoms with Gasteiger partial charge in [0.25, 0.3) is 10.0 Å². The molecule has 7 nitrogen and oxygen atoms in total. The summed E-state index contributed by atoms with van der Waals surface area (Å²) < 4.78 is 29.0. The molecule has 0 unspecified atom stereocenters. The number of carbonyl (C=O) groups excluding carboxylic acids is 2. The Morgan fingerprint density at radius 3 is 2.24 bits per heavy atom. The highest BCUT2D eigenvalue weighted by atomic mass is 35.5. The molecule has 1 saturated carbocycles. The van der Waals surface area contributed by atoms with Crippen molar-refractivity contribution in [3.8, 4) is 0 Å². The van der Waals surface area contributed by atoms with Crippen LogP contribution >= 0.6 is 34.8 Å².